The lowest BCUT2D eigenvalue weighted by molar-refractivity contribution is -0.118. The minimum Gasteiger partial charge on any atom is -0.493 e. The molecule has 1 amide bonds. The first kappa shape index (κ1) is 21.8. The molecule has 31 heavy (non-hydrogen) atoms. The van der Waals surface area contributed by atoms with Crippen molar-refractivity contribution in [2.75, 3.05) is 19.0 Å². The van der Waals surface area contributed by atoms with Crippen molar-refractivity contribution in [1.29, 1.82) is 0 Å². The van der Waals surface area contributed by atoms with Crippen LogP contribution in [0.5, 0.6) is 11.5 Å². The molecule has 0 aliphatic heterocycles. The highest BCUT2D eigenvalue weighted by molar-refractivity contribution is 6.06. The van der Waals surface area contributed by atoms with Crippen molar-refractivity contribution in [1.82, 2.24) is 9.78 Å². The number of anilines is 1. The summed E-state index contributed by atoms with van der Waals surface area (Å²) in [5.41, 5.74) is 3.02. The third kappa shape index (κ3) is 5.82. The van der Waals surface area contributed by atoms with Gasteiger partial charge in [0.25, 0.3) is 5.91 Å². The van der Waals surface area contributed by atoms with Gasteiger partial charge in [0.15, 0.2) is 23.9 Å². The van der Waals surface area contributed by atoms with E-state index in [0.29, 0.717) is 23.6 Å². The molecule has 1 N–H and O–H groups in total. The smallest absolute Gasteiger partial charge is 0.262 e. The van der Waals surface area contributed by atoms with Gasteiger partial charge in [-0.05, 0) is 49.2 Å². The number of nitrogens with one attached hydrogen (secondary N) is 1. The maximum atomic E-state index is 12.3. The van der Waals surface area contributed by atoms with E-state index in [0.717, 1.165) is 16.8 Å². The molecule has 0 atom stereocenters. The Balaban J connectivity index is 1.62. The van der Waals surface area contributed by atoms with Gasteiger partial charge in [0.05, 0.1) is 18.9 Å². The maximum absolute atomic E-state index is 12.3. The van der Waals surface area contributed by atoms with Gasteiger partial charge in [0.1, 0.15) is 0 Å². The standard InChI is InChI=1S/C24H25N3O4/c1-4-27-15-19(14-25-27)21(28)11-9-18-10-12-22(23(13-18)30-3)31-16-24(29)26-20-8-6-5-7-17(20)2/h5-15H,4,16H2,1-3H3,(H,26,29)/b11-9+. The van der Waals surface area contributed by atoms with E-state index < -0.39 is 0 Å². The highest BCUT2D eigenvalue weighted by atomic mass is 16.5. The number of rotatable bonds is 9. The summed E-state index contributed by atoms with van der Waals surface area (Å²) in [5, 5.41) is 6.93. The number of para-hydroxylation sites is 1. The van der Waals surface area contributed by atoms with Crippen molar-refractivity contribution >= 4 is 23.5 Å². The Bertz CT molecular complexity index is 1100. The lowest BCUT2D eigenvalue weighted by atomic mass is 10.1. The van der Waals surface area contributed by atoms with Crippen LogP contribution in [0.1, 0.15) is 28.4 Å². The van der Waals surface area contributed by atoms with E-state index in [9.17, 15) is 9.59 Å². The number of carbonyl (C=O) groups is 2. The second kappa shape index (κ2) is 10.2. The average Bonchev–Trinajstić information content (AvgIpc) is 3.27. The molecule has 0 spiro atoms. The summed E-state index contributed by atoms with van der Waals surface area (Å²) in [6.07, 6.45) is 6.45. The lowest BCUT2D eigenvalue weighted by Gasteiger charge is -2.12. The fraction of sp³-hybridized carbons (Fsp3) is 0.208. The summed E-state index contributed by atoms with van der Waals surface area (Å²) in [6, 6.07) is 12.8. The summed E-state index contributed by atoms with van der Waals surface area (Å²) in [4.78, 5) is 24.5. The fourth-order valence-corrected chi connectivity index (χ4v) is 2.88. The molecule has 7 heteroatoms. The summed E-state index contributed by atoms with van der Waals surface area (Å²) < 4.78 is 12.7. The third-order valence-corrected chi connectivity index (χ3v) is 4.63. The van der Waals surface area contributed by atoms with E-state index in [4.69, 9.17) is 9.47 Å². The van der Waals surface area contributed by atoms with Gasteiger partial charge in [-0.1, -0.05) is 30.3 Å². The van der Waals surface area contributed by atoms with Crippen molar-refractivity contribution in [2.24, 2.45) is 0 Å². The predicted octanol–water partition coefficient (Wildman–Crippen LogP) is 4.13. The molecular weight excluding hydrogens is 394 g/mol. The number of aromatic nitrogens is 2. The molecule has 0 unspecified atom stereocenters. The van der Waals surface area contributed by atoms with Crippen molar-refractivity contribution < 1.29 is 19.1 Å². The van der Waals surface area contributed by atoms with Crippen LogP contribution in [0.25, 0.3) is 6.08 Å². The summed E-state index contributed by atoms with van der Waals surface area (Å²) in [7, 11) is 1.52. The van der Waals surface area contributed by atoms with Gasteiger partial charge in [-0.25, -0.2) is 0 Å². The number of benzene rings is 2. The van der Waals surface area contributed by atoms with Crippen LogP contribution in [0.2, 0.25) is 0 Å². The van der Waals surface area contributed by atoms with Crippen molar-refractivity contribution in [3.05, 3.63) is 77.6 Å². The Morgan fingerprint density at radius 3 is 2.68 bits per heavy atom. The molecule has 2 aromatic carbocycles. The van der Waals surface area contributed by atoms with Crippen LogP contribution in [0, 0.1) is 6.92 Å². The summed E-state index contributed by atoms with van der Waals surface area (Å²) in [6.45, 7) is 4.43. The predicted molar refractivity (Wildman–Crippen MR) is 120 cm³/mol. The van der Waals surface area contributed by atoms with Crippen molar-refractivity contribution in [2.45, 2.75) is 20.4 Å². The molecule has 0 saturated heterocycles. The lowest BCUT2D eigenvalue weighted by Crippen LogP contribution is -2.20. The number of methoxy groups -OCH3 is 1. The second-order valence-electron chi connectivity index (χ2n) is 6.84. The van der Waals surface area contributed by atoms with Crippen molar-refractivity contribution in [3.8, 4) is 11.5 Å². The van der Waals surface area contributed by atoms with E-state index >= 15 is 0 Å². The van der Waals surface area contributed by atoms with E-state index in [1.54, 1.807) is 41.4 Å². The molecule has 0 radical (unpaired) electrons. The molecule has 3 aromatic rings. The van der Waals surface area contributed by atoms with Gasteiger partial charge in [-0.15, -0.1) is 0 Å². The Hall–Kier alpha value is -3.87. The highest BCUT2D eigenvalue weighted by Gasteiger charge is 2.10. The maximum Gasteiger partial charge on any atom is 0.262 e. The van der Waals surface area contributed by atoms with E-state index in [1.807, 2.05) is 38.1 Å². The molecule has 1 aromatic heterocycles. The van der Waals surface area contributed by atoms with Crippen LogP contribution in [0.3, 0.4) is 0 Å². The number of hydrogen-bond acceptors (Lipinski definition) is 5. The molecule has 1 heterocycles. The van der Waals surface area contributed by atoms with Crippen LogP contribution in [0.4, 0.5) is 5.69 Å². The minimum atomic E-state index is -0.265. The molecular formula is C24H25N3O4. The second-order valence-corrected chi connectivity index (χ2v) is 6.84. The zero-order valence-electron chi connectivity index (χ0n) is 17.8. The average molecular weight is 419 g/mol. The molecule has 160 valence electrons. The number of amides is 1. The third-order valence-electron chi connectivity index (χ3n) is 4.63. The summed E-state index contributed by atoms with van der Waals surface area (Å²) >= 11 is 0. The zero-order valence-corrected chi connectivity index (χ0v) is 17.8. The van der Waals surface area contributed by atoms with E-state index in [1.165, 1.54) is 13.2 Å². The first-order valence-corrected chi connectivity index (χ1v) is 9.91. The topological polar surface area (TPSA) is 82.5 Å². The summed E-state index contributed by atoms with van der Waals surface area (Å²) in [5.74, 6) is 0.512. The van der Waals surface area contributed by atoms with Crippen molar-refractivity contribution in [3.63, 3.8) is 0 Å². The molecule has 0 saturated carbocycles. The van der Waals surface area contributed by atoms with Crippen LogP contribution in [-0.2, 0) is 11.3 Å². The zero-order chi connectivity index (χ0) is 22.2. The highest BCUT2D eigenvalue weighted by Crippen LogP contribution is 2.28. The quantitative estimate of drug-likeness (QED) is 0.416. The van der Waals surface area contributed by atoms with E-state index in [-0.39, 0.29) is 18.3 Å². The van der Waals surface area contributed by atoms with Gasteiger partial charge in [-0.2, -0.15) is 5.10 Å². The molecule has 0 bridgehead atoms. The Morgan fingerprint density at radius 2 is 1.97 bits per heavy atom. The number of ketones is 1. The van der Waals surface area contributed by atoms with E-state index in [2.05, 4.69) is 10.4 Å². The van der Waals surface area contributed by atoms with Gasteiger partial charge in [0.2, 0.25) is 0 Å². The largest absolute Gasteiger partial charge is 0.493 e. The number of carbonyl (C=O) groups excluding carboxylic acids is 2. The van der Waals surface area contributed by atoms with Crippen LogP contribution in [0.15, 0.2) is 60.9 Å². The molecule has 3 rings (SSSR count). The number of allylic oxidation sites excluding steroid dienone is 1. The molecule has 0 aliphatic carbocycles. The van der Waals surface area contributed by atoms with Crippen LogP contribution >= 0.6 is 0 Å². The Labute approximate surface area is 181 Å². The number of aryl methyl sites for hydroxylation is 2. The number of hydrogen-bond donors (Lipinski definition) is 1. The van der Waals surface area contributed by atoms with Crippen LogP contribution in [-0.4, -0.2) is 35.2 Å². The minimum absolute atomic E-state index is 0.133. The Morgan fingerprint density at radius 1 is 1.16 bits per heavy atom. The van der Waals surface area contributed by atoms with Gasteiger partial charge >= 0.3 is 0 Å². The molecule has 0 aliphatic rings. The first-order chi connectivity index (χ1) is 15.0. The molecule has 7 nitrogen and oxygen atoms in total. The normalized spacial score (nSPS) is 10.8. The van der Waals surface area contributed by atoms with Crippen LogP contribution < -0.4 is 14.8 Å². The Kier molecular flexibility index (Phi) is 7.22. The SMILES string of the molecule is CCn1cc(C(=O)/C=C/c2ccc(OCC(=O)Nc3ccccc3C)c(OC)c2)cn1. The fourth-order valence-electron chi connectivity index (χ4n) is 2.88. The van der Waals surface area contributed by atoms with Gasteiger partial charge < -0.3 is 14.8 Å². The van der Waals surface area contributed by atoms with Gasteiger partial charge in [0, 0.05) is 18.4 Å². The molecule has 0 fully saturated rings. The number of ether oxygens (including phenoxy) is 2. The monoisotopic (exact) mass is 419 g/mol. The number of nitrogens with zero attached hydrogens (tertiary/aromatic N) is 2. The van der Waals surface area contributed by atoms with Gasteiger partial charge in [-0.3, -0.25) is 14.3 Å². The first-order valence-electron chi connectivity index (χ1n) is 9.91.